The SMILES string of the molecule is C=C(C=C(C)C)C(NC)OC(C)=O. The van der Waals surface area contributed by atoms with Crippen molar-refractivity contribution in [1.82, 2.24) is 5.32 Å². The van der Waals surface area contributed by atoms with Crippen molar-refractivity contribution < 1.29 is 9.53 Å². The predicted molar refractivity (Wildman–Crippen MR) is 53.2 cm³/mol. The molecule has 0 radical (unpaired) electrons. The van der Waals surface area contributed by atoms with Crippen LogP contribution in [0.1, 0.15) is 20.8 Å². The Morgan fingerprint density at radius 2 is 2.00 bits per heavy atom. The van der Waals surface area contributed by atoms with Gasteiger partial charge in [0.2, 0.25) is 0 Å². The van der Waals surface area contributed by atoms with Crippen molar-refractivity contribution in [3.05, 3.63) is 23.8 Å². The normalized spacial score (nSPS) is 11.7. The van der Waals surface area contributed by atoms with E-state index in [4.69, 9.17) is 4.74 Å². The van der Waals surface area contributed by atoms with Crippen molar-refractivity contribution in [2.24, 2.45) is 0 Å². The van der Waals surface area contributed by atoms with Crippen molar-refractivity contribution in [2.45, 2.75) is 27.0 Å². The molecule has 0 amide bonds. The van der Waals surface area contributed by atoms with Crippen LogP contribution in [0.15, 0.2) is 23.8 Å². The number of allylic oxidation sites excluding steroid dienone is 1. The number of esters is 1. The third-order valence-electron chi connectivity index (χ3n) is 1.36. The van der Waals surface area contributed by atoms with Crippen LogP contribution in [0.5, 0.6) is 0 Å². The highest BCUT2D eigenvalue weighted by Crippen LogP contribution is 2.06. The average molecular weight is 183 g/mol. The third-order valence-corrected chi connectivity index (χ3v) is 1.36. The highest BCUT2D eigenvalue weighted by atomic mass is 16.6. The van der Waals surface area contributed by atoms with Gasteiger partial charge in [0.25, 0.3) is 0 Å². The van der Waals surface area contributed by atoms with Crippen LogP contribution >= 0.6 is 0 Å². The van der Waals surface area contributed by atoms with E-state index in [1.165, 1.54) is 6.92 Å². The van der Waals surface area contributed by atoms with E-state index in [0.29, 0.717) is 0 Å². The first-order valence-corrected chi connectivity index (χ1v) is 4.15. The molecule has 3 nitrogen and oxygen atoms in total. The summed E-state index contributed by atoms with van der Waals surface area (Å²) in [6, 6.07) is 0. The molecule has 0 saturated carbocycles. The van der Waals surface area contributed by atoms with Crippen molar-refractivity contribution in [3.63, 3.8) is 0 Å². The highest BCUT2D eigenvalue weighted by Gasteiger charge is 2.10. The summed E-state index contributed by atoms with van der Waals surface area (Å²) in [4.78, 5) is 10.7. The summed E-state index contributed by atoms with van der Waals surface area (Å²) in [7, 11) is 1.72. The fraction of sp³-hybridized carbons (Fsp3) is 0.500. The highest BCUT2D eigenvalue weighted by molar-refractivity contribution is 5.66. The summed E-state index contributed by atoms with van der Waals surface area (Å²) < 4.78 is 4.97. The molecule has 0 spiro atoms. The molecule has 0 aromatic rings. The molecule has 0 aliphatic rings. The van der Waals surface area contributed by atoms with Gasteiger partial charge in [0.1, 0.15) is 0 Å². The maximum absolute atomic E-state index is 10.7. The van der Waals surface area contributed by atoms with E-state index in [2.05, 4.69) is 11.9 Å². The Labute approximate surface area is 79.5 Å². The van der Waals surface area contributed by atoms with Crippen LogP contribution in [0.3, 0.4) is 0 Å². The van der Waals surface area contributed by atoms with E-state index in [0.717, 1.165) is 11.1 Å². The maximum atomic E-state index is 10.7. The number of carbonyl (C=O) groups is 1. The van der Waals surface area contributed by atoms with Crippen LogP contribution in [0.4, 0.5) is 0 Å². The van der Waals surface area contributed by atoms with Crippen LogP contribution in [-0.4, -0.2) is 19.2 Å². The van der Waals surface area contributed by atoms with Gasteiger partial charge in [-0.25, -0.2) is 0 Å². The molecule has 1 unspecified atom stereocenters. The lowest BCUT2D eigenvalue weighted by Gasteiger charge is -2.16. The molecule has 74 valence electrons. The molecule has 1 N–H and O–H groups in total. The number of carbonyl (C=O) groups excluding carboxylic acids is 1. The summed E-state index contributed by atoms with van der Waals surface area (Å²) >= 11 is 0. The first-order valence-electron chi connectivity index (χ1n) is 4.15. The Kier molecular flexibility index (Phi) is 5.07. The molecule has 0 rings (SSSR count). The Morgan fingerprint density at radius 3 is 2.31 bits per heavy atom. The standard InChI is InChI=1S/C10H17NO2/c1-7(2)6-8(3)10(11-5)13-9(4)12/h6,10-11H,3H2,1-2,4-5H3. The number of ether oxygens (including phenoxy) is 1. The second kappa shape index (κ2) is 5.54. The van der Waals surface area contributed by atoms with Gasteiger partial charge in [-0.1, -0.05) is 18.2 Å². The lowest BCUT2D eigenvalue weighted by molar-refractivity contribution is -0.145. The number of hydrogen-bond donors (Lipinski definition) is 1. The topological polar surface area (TPSA) is 38.3 Å². The zero-order valence-corrected chi connectivity index (χ0v) is 8.68. The predicted octanol–water partition coefficient (Wildman–Crippen LogP) is 1.62. The van der Waals surface area contributed by atoms with Gasteiger partial charge in [0, 0.05) is 12.5 Å². The summed E-state index contributed by atoms with van der Waals surface area (Å²) in [5.74, 6) is -0.317. The van der Waals surface area contributed by atoms with Gasteiger partial charge in [0.05, 0.1) is 0 Å². The molecule has 0 aliphatic heterocycles. The molecule has 0 fully saturated rings. The van der Waals surface area contributed by atoms with Crippen LogP contribution in [0.25, 0.3) is 0 Å². The molecule has 0 aliphatic carbocycles. The van der Waals surface area contributed by atoms with Gasteiger partial charge in [0.15, 0.2) is 6.23 Å². The van der Waals surface area contributed by atoms with Crippen molar-refractivity contribution in [1.29, 1.82) is 0 Å². The van der Waals surface area contributed by atoms with E-state index in [9.17, 15) is 4.79 Å². The first-order chi connectivity index (χ1) is 5.97. The molecule has 0 bridgehead atoms. The van der Waals surface area contributed by atoms with E-state index in [1.54, 1.807) is 7.05 Å². The molecule has 0 saturated heterocycles. The van der Waals surface area contributed by atoms with Gasteiger partial charge in [-0.3, -0.25) is 10.1 Å². The molecule has 3 heteroatoms. The summed E-state index contributed by atoms with van der Waals surface area (Å²) in [5, 5.41) is 2.85. The van der Waals surface area contributed by atoms with E-state index >= 15 is 0 Å². The molecule has 1 atom stereocenters. The molecule has 0 aromatic carbocycles. The molecule has 0 aromatic heterocycles. The fourth-order valence-electron chi connectivity index (χ4n) is 0.932. The van der Waals surface area contributed by atoms with Gasteiger partial charge < -0.3 is 4.74 Å². The van der Waals surface area contributed by atoms with Gasteiger partial charge >= 0.3 is 5.97 Å². The van der Waals surface area contributed by atoms with E-state index < -0.39 is 6.23 Å². The number of rotatable bonds is 4. The quantitative estimate of drug-likeness (QED) is 0.409. The zero-order chi connectivity index (χ0) is 10.4. The number of hydrogen-bond acceptors (Lipinski definition) is 3. The largest absolute Gasteiger partial charge is 0.442 e. The first kappa shape index (κ1) is 11.9. The molecular formula is C10H17NO2. The lowest BCUT2D eigenvalue weighted by Crippen LogP contribution is -2.31. The van der Waals surface area contributed by atoms with E-state index in [-0.39, 0.29) is 5.97 Å². The number of nitrogens with one attached hydrogen (secondary N) is 1. The van der Waals surface area contributed by atoms with Crippen molar-refractivity contribution in [2.75, 3.05) is 7.05 Å². The smallest absolute Gasteiger partial charge is 0.304 e. The van der Waals surface area contributed by atoms with Crippen LogP contribution in [0.2, 0.25) is 0 Å². The van der Waals surface area contributed by atoms with E-state index in [1.807, 2.05) is 19.9 Å². The van der Waals surface area contributed by atoms with Crippen molar-refractivity contribution >= 4 is 5.97 Å². The van der Waals surface area contributed by atoms with Crippen LogP contribution in [-0.2, 0) is 9.53 Å². The average Bonchev–Trinajstić information content (AvgIpc) is 1.98. The minimum atomic E-state index is -0.424. The van der Waals surface area contributed by atoms with Gasteiger partial charge in [-0.15, -0.1) is 0 Å². The minimum absolute atomic E-state index is 0.317. The Morgan fingerprint density at radius 1 is 1.46 bits per heavy atom. The lowest BCUT2D eigenvalue weighted by atomic mass is 10.2. The van der Waals surface area contributed by atoms with Crippen LogP contribution < -0.4 is 5.32 Å². The minimum Gasteiger partial charge on any atom is -0.442 e. The third kappa shape index (κ3) is 5.20. The molecule has 13 heavy (non-hydrogen) atoms. The Balaban J connectivity index is 4.32. The van der Waals surface area contributed by atoms with Gasteiger partial charge in [-0.2, -0.15) is 0 Å². The van der Waals surface area contributed by atoms with Crippen LogP contribution in [0, 0.1) is 0 Å². The Hall–Kier alpha value is -1.09. The second-order valence-electron chi connectivity index (χ2n) is 3.07. The Bertz CT molecular complexity index is 227. The molecular weight excluding hydrogens is 166 g/mol. The van der Waals surface area contributed by atoms with Crippen molar-refractivity contribution in [3.8, 4) is 0 Å². The summed E-state index contributed by atoms with van der Waals surface area (Å²) in [5.41, 5.74) is 1.87. The fourth-order valence-corrected chi connectivity index (χ4v) is 0.932. The second-order valence-corrected chi connectivity index (χ2v) is 3.07. The van der Waals surface area contributed by atoms with Gasteiger partial charge in [-0.05, 0) is 20.9 Å². The summed E-state index contributed by atoms with van der Waals surface area (Å²) in [6.07, 6.45) is 1.46. The maximum Gasteiger partial charge on any atom is 0.304 e. The monoisotopic (exact) mass is 183 g/mol. The summed E-state index contributed by atoms with van der Waals surface area (Å²) in [6.45, 7) is 9.11. The number of likely N-dealkylation sites (N-methyl/N-ethyl adjacent to an activating group) is 1. The zero-order valence-electron chi connectivity index (χ0n) is 8.68. The molecule has 0 heterocycles.